The Morgan fingerprint density at radius 2 is 1.74 bits per heavy atom. The highest BCUT2D eigenvalue weighted by Crippen LogP contribution is 2.16. The summed E-state index contributed by atoms with van der Waals surface area (Å²) in [5.41, 5.74) is -0.993. The molecule has 0 radical (unpaired) electrons. The Bertz CT molecular complexity index is 231. The average molecular weight is 278 g/mol. The molecule has 0 rings (SSSR count). The fourth-order valence-corrected chi connectivity index (χ4v) is 1.67. The minimum Gasteiger partial charge on any atom is -0.481 e. The molecule has 6 heteroatoms. The summed E-state index contributed by atoms with van der Waals surface area (Å²) in [7, 11) is 0. The van der Waals surface area contributed by atoms with Crippen LogP contribution in [0.25, 0.3) is 0 Å². The largest absolute Gasteiger partial charge is 0.481 e. The van der Waals surface area contributed by atoms with Crippen molar-refractivity contribution < 1.29 is 30.0 Å². The number of aliphatic carboxylic acids is 1. The number of carbonyl (C=O) groups is 1. The van der Waals surface area contributed by atoms with E-state index in [1.54, 1.807) is 0 Å². The van der Waals surface area contributed by atoms with E-state index >= 15 is 0 Å². The third-order valence-corrected chi connectivity index (χ3v) is 3.35. The van der Waals surface area contributed by atoms with E-state index in [0.29, 0.717) is 19.4 Å². The van der Waals surface area contributed by atoms with Gasteiger partial charge in [0.05, 0.1) is 37.8 Å². The summed E-state index contributed by atoms with van der Waals surface area (Å²) in [5.74, 6) is -1.06. The molecule has 19 heavy (non-hydrogen) atoms. The smallest absolute Gasteiger partial charge is 0.306 e. The first-order valence-corrected chi connectivity index (χ1v) is 6.68. The van der Waals surface area contributed by atoms with Gasteiger partial charge in [-0.25, -0.2) is 0 Å². The molecular formula is C13H26O6. The van der Waals surface area contributed by atoms with Crippen molar-refractivity contribution in [1.29, 1.82) is 0 Å². The lowest BCUT2D eigenvalue weighted by molar-refractivity contribution is -0.142. The first kappa shape index (κ1) is 18.3. The molecule has 0 heterocycles. The molecule has 6 nitrogen and oxygen atoms in total. The van der Waals surface area contributed by atoms with E-state index in [-0.39, 0.29) is 32.3 Å². The van der Waals surface area contributed by atoms with Crippen LogP contribution >= 0.6 is 0 Å². The first-order chi connectivity index (χ1) is 9.05. The number of aliphatic hydroxyl groups is 3. The van der Waals surface area contributed by atoms with Crippen molar-refractivity contribution >= 4 is 5.97 Å². The molecule has 0 aromatic carbocycles. The van der Waals surface area contributed by atoms with Crippen LogP contribution in [0.2, 0.25) is 0 Å². The summed E-state index contributed by atoms with van der Waals surface area (Å²) in [6.45, 7) is 1.36. The first-order valence-electron chi connectivity index (χ1n) is 6.68. The van der Waals surface area contributed by atoms with Gasteiger partial charge in [0.25, 0.3) is 0 Å². The van der Waals surface area contributed by atoms with Crippen LogP contribution in [0, 0.1) is 11.3 Å². The number of carboxylic acid groups (broad SMARTS) is 1. The summed E-state index contributed by atoms with van der Waals surface area (Å²) in [5, 5.41) is 36.1. The topological polar surface area (TPSA) is 107 Å². The number of hydrogen-bond donors (Lipinski definition) is 4. The van der Waals surface area contributed by atoms with Crippen LogP contribution in [-0.2, 0) is 9.53 Å². The van der Waals surface area contributed by atoms with Gasteiger partial charge in [0.2, 0.25) is 0 Å². The van der Waals surface area contributed by atoms with Gasteiger partial charge in [0, 0.05) is 6.61 Å². The van der Waals surface area contributed by atoms with Crippen LogP contribution < -0.4 is 0 Å². The lowest BCUT2D eigenvalue weighted by Crippen LogP contribution is -2.38. The van der Waals surface area contributed by atoms with E-state index in [1.807, 2.05) is 6.92 Å². The maximum atomic E-state index is 10.8. The number of aliphatic hydroxyl groups excluding tert-OH is 3. The second kappa shape index (κ2) is 10.1. The van der Waals surface area contributed by atoms with Crippen LogP contribution in [0.5, 0.6) is 0 Å². The molecule has 4 N–H and O–H groups in total. The number of rotatable bonds is 12. The maximum Gasteiger partial charge on any atom is 0.306 e. The molecule has 0 amide bonds. The Labute approximate surface area is 114 Å². The van der Waals surface area contributed by atoms with Gasteiger partial charge >= 0.3 is 5.97 Å². The SMILES string of the molecule is CCC(CCCCOCC(CO)(CO)CO)C(=O)O. The van der Waals surface area contributed by atoms with Gasteiger partial charge in [-0.3, -0.25) is 4.79 Å². The number of ether oxygens (including phenoxy) is 1. The second-order valence-corrected chi connectivity index (χ2v) is 4.97. The van der Waals surface area contributed by atoms with Gasteiger partial charge in [-0.1, -0.05) is 13.3 Å². The Hall–Kier alpha value is -0.690. The molecule has 1 atom stereocenters. The van der Waals surface area contributed by atoms with Crippen molar-refractivity contribution in [2.75, 3.05) is 33.0 Å². The Morgan fingerprint density at radius 1 is 1.16 bits per heavy atom. The van der Waals surface area contributed by atoms with Crippen molar-refractivity contribution in [1.82, 2.24) is 0 Å². The van der Waals surface area contributed by atoms with Gasteiger partial charge in [0.15, 0.2) is 0 Å². The van der Waals surface area contributed by atoms with Crippen LogP contribution in [0.3, 0.4) is 0 Å². The van der Waals surface area contributed by atoms with E-state index in [1.165, 1.54) is 0 Å². The van der Waals surface area contributed by atoms with Crippen molar-refractivity contribution in [2.45, 2.75) is 32.6 Å². The van der Waals surface area contributed by atoms with E-state index < -0.39 is 11.4 Å². The molecule has 0 aromatic heterocycles. The fraction of sp³-hybridized carbons (Fsp3) is 0.923. The molecular weight excluding hydrogens is 252 g/mol. The van der Waals surface area contributed by atoms with Gasteiger partial charge in [0.1, 0.15) is 0 Å². The Balaban J connectivity index is 3.73. The zero-order chi connectivity index (χ0) is 14.7. The van der Waals surface area contributed by atoms with Gasteiger partial charge in [-0.05, 0) is 19.3 Å². The summed E-state index contributed by atoms with van der Waals surface area (Å²) in [6.07, 6.45) is 2.73. The summed E-state index contributed by atoms with van der Waals surface area (Å²) in [4.78, 5) is 10.8. The summed E-state index contributed by atoms with van der Waals surface area (Å²) >= 11 is 0. The monoisotopic (exact) mass is 278 g/mol. The molecule has 1 unspecified atom stereocenters. The van der Waals surface area contributed by atoms with Crippen LogP contribution in [0.15, 0.2) is 0 Å². The third kappa shape index (κ3) is 6.87. The molecule has 0 saturated heterocycles. The molecule has 0 bridgehead atoms. The Kier molecular flexibility index (Phi) is 9.77. The van der Waals surface area contributed by atoms with Crippen LogP contribution in [0.4, 0.5) is 0 Å². The van der Waals surface area contributed by atoms with Gasteiger partial charge in [-0.15, -0.1) is 0 Å². The number of hydrogen-bond acceptors (Lipinski definition) is 5. The molecule has 0 saturated carbocycles. The van der Waals surface area contributed by atoms with Crippen LogP contribution in [-0.4, -0.2) is 59.4 Å². The van der Waals surface area contributed by atoms with E-state index in [0.717, 1.165) is 12.8 Å². The van der Waals surface area contributed by atoms with Gasteiger partial charge in [-0.2, -0.15) is 0 Å². The zero-order valence-corrected chi connectivity index (χ0v) is 11.5. The minimum absolute atomic E-state index is 0.0899. The predicted octanol–water partition coefficient (Wildman–Crippen LogP) is 0.247. The maximum absolute atomic E-state index is 10.8. The molecule has 0 aliphatic carbocycles. The second-order valence-electron chi connectivity index (χ2n) is 4.97. The quantitative estimate of drug-likeness (QED) is 0.381. The Morgan fingerprint density at radius 3 is 2.16 bits per heavy atom. The summed E-state index contributed by atoms with van der Waals surface area (Å²) < 4.78 is 5.32. The van der Waals surface area contributed by atoms with Crippen molar-refractivity contribution in [3.8, 4) is 0 Å². The number of unbranched alkanes of at least 4 members (excludes halogenated alkanes) is 1. The highest BCUT2D eigenvalue weighted by atomic mass is 16.5. The molecule has 0 aromatic rings. The van der Waals surface area contributed by atoms with Crippen molar-refractivity contribution in [3.05, 3.63) is 0 Å². The zero-order valence-electron chi connectivity index (χ0n) is 11.5. The average Bonchev–Trinajstić information content (AvgIpc) is 2.42. The van der Waals surface area contributed by atoms with Crippen molar-refractivity contribution in [2.24, 2.45) is 11.3 Å². The van der Waals surface area contributed by atoms with Crippen molar-refractivity contribution in [3.63, 3.8) is 0 Å². The highest BCUT2D eigenvalue weighted by molar-refractivity contribution is 5.69. The highest BCUT2D eigenvalue weighted by Gasteiger charge is 2.28. The van der Waals surface area contributed by atoms with Crippen LogP contribution in [0.1, 0.15) is 32.6 Å². The third-order valence-electron chi connectivity index (χ3n) is 3.35. The molecule has 0 fully saturated rings. The van der Waals surface area contributed by atoms with E-state index in [2.05, 4.69) is 0 Å². The fourth-order valence-electron chi connectivity index (χ4n) is 1.67. The molecule has 114 valence electrons. The molecule has 0 spiro atoms. The predicted molar refractivity (Wildman–Crippen MR) is 69.8 cm³/mol. The lowest BCUT2D eigenvalue weighted by atomic mass is 9.93. The normalized spacial score (nSPS) is 13.5. The lowest BCUT2D eigenvalue weighted by Gasteiger charge is -2.26. The summed E-state index contributed by atoms with van der Waals surface area (Å²) in [6, 6.07) is 0. The minimum atomic E-state index is -0.993. The standard InChI is InChI=1S/C13H26O6/c1-2-11(12(17)18)5-3-4-6-19-10-13(7-14,8-15)9-16/h11,14-16H,2-10H2,1H3,(H,17,18). The number of carboxylic acids is 1. The van der Waals surface area contributed by atoms with E-state index in [9.17, 15) is 4.79 Å². The van der Waals surface area contributed by atoms with E-state index in [4.69, 9.17) is 25.2 Å². The molecule has 0 aliphatic rings. The molecule has 0 aliphatic heterocycles. The van der Waals surface area contributed by atoms with Gasteiger partial charge < -0.3 is 25.2 Å².